The van der Waals surface area contributed by atoms with Gasteiger partial charge in [0.05, 0.1) is 41.4 Å². The normalized spacial score (nSPS) is 15.2. The quantitative estimate of drug-likeness (QED) is 0.402. The molecule has 0 amide bonds. The summed E-state index contributed by atoms with van der Waals surface area (Å²) in [5.74, 6) is -2.43. The predicted molar refractivity (Wildman–Crippen MR) is 124 cm³/mol. The van der Waals surface area contributed by atoms with E-state index in [4.69, 9.17) is 16.3 Å². The van der Waals surface area contributed by atoms with E-state index in [1.54, 1.807) is 18.2 Å². The molecule has 9 nitrogen and oxygen atoms in total. The summed E-state index contributed by atoms with van der Waals surface area (Å²) in [6.45, 7) is -0.950. The summed E-state index contributed by atoms with van der Waals surface area (Å²) >= 11 is 7.44. The van der Waals surface area contributed by atoms with Crippen LogP contribution in [0.4, 0.5) is 19.7 Å². The van der Waals surface area contributed by atoms with Gasteiger partial charge in [0.15, 0.2) is 5.82 Å². The number of fused-ring (bicyclic) bond motifs is 1. The molecule has 0 aliphatic carbocycles. The fourth-order valence-electron chi connectivity index (χ4n) is 3.60. The van der Waals surface area contributed by atoms with Crippen LogP contribution in [0.2, 0.25) is 5.02 Å². The van der Waals surface area contributed by atoms with E-state index >= 15 is 0 Å². The maximum absolute atomic E-state index is 13.3. The lowest BCUT2D eigenvalue weighted by atomic mass is 10.0. The van der Waals surface area contributed by atoms with E-state index in [1.165, 1.54) is 35.8 Å². The standard InChI is InChI=1S/C20H15ClF2N6O3S2/c1-32-18-14(7-15(21)17(26-18)29-8-20(22,23)9-29)16-13-3-2-12(6-11(13)4-5-24-16)34(30,31)28-19-27-25-10-33-19/h2-7,10H,8-9H2,1H3,(H,27,28). The summed E-state index contributed by atoms with van der Waals surface area (Å²) < 4.78 is 59.9. The maximum atomic E-state index is 13.3. The van der Waals surface area contributed by atoms with Crippen LogP contribution < -0.4 is 14.4 Å². The molecule has 0 spiro atoms. The van der Waals surface area contributed by atoms with Gasteiger partial charge in [-0.1, -0.05) is 29.0 Å². The number of hydrogen-bond acceptors (Lipinski definition) is 9. The Kier molecular flexibility index (Phi) is 5.49. The molecule has 34 heavy (non-hydrogen) atoms. The Morgan fingerprint density at radius 1 is 1.24 bits per heavy atom. The van der Waals surface area contributed by atoms with Crippen LogP contribution in [0.1, 0.15) is 0 Å². The summed E-state index contributed by atoms with van der Waals surface area (Å²) in [6.07, 6.45) is 1.52. The second kappa shape index (κ2) is 8.25. The molecule has 0 saturated carbocycles. The number of nitrogens with zero attached hydrogens (tertiary/aromatic N) is 5. The Balaban J connectivity index is 1.55. The maximum Gasteiger partial charge on any atom is 0.282 e. The van der Waals surface area contributed by atoms with Crippen molar-refractivity contribution in [3.8, 4) is 17.1 Å². The number of nitrogens with one attached hydrogen (secondary N) is 1. The monoisotopic (exact) mass is 524 g/mol. The Bertz CT molecular complexity index is 1490. The first-order chi connectivity index (χ1) is 16.2. The van der Waals surface area contributed by atoms with Gasteiger partial charge in [0.2, 0.25) is 11.0 Å². The zero-order chi connectivity index (χ0) is 24.1. The predicted octanol–water partition coefficient (Wildman–Crippen LogP) is 4.07. The van der Waals surface area contributed by atoms with Crippen molar-refractivity contribution in [2.75, 3.05) is 29.8 Å². The lowest BCUT2D eigenvalue weighted by molar-refractivity contribution is -0.0267. The van der Waals surface area contributed by atoms with Crippen LogP contribution in [-0.4, -0.2) is 54.7 Å². The molecule has 5 rings (SSSR count). The molecule has 3 aromatic heterocycles. The van der Waals surface area contributed by atoms with Crippen LogP contribution >= 0.6 is 22.9 Å². The Hall–Kier alpha value is -3.16. The van der Waals surface area contributed by atoms with Gasteiger partial charge in [-0.05, 0) is 29.7 Å². The number of halogens is 3. The SMILES string of the molecule is COc1nc(N2CC(F)(F)C2)c(Cl)cc1-c1nccc2cc(S(=O)(=O)Nc3nncs3)ccc12. The van der Waals surface area contributed by atoms with E-state index in [0.29, 0.717) is 22.0 Å². The third-order valence-electron chi connectivity index (χ3n) is 5.14. The highest BCUT2D eigenvalue weighted by Crippen LogP contribution is 2.41. The van der Waals surface area contributed by atoms with E-state index in [1.807, 2.05) is 0 Å². The van der Waals surface area contributed by atoms with Gasteiger partial charge in [-0.15, -0.1) is 10.2 Å². The van der Waals surface area contributed by atoms with Crippen LogP contribution in [0.5, 0.6) is 5.88 Å². The molecule has 0 bridgehead atoms. The Morgan fingerprint density at radius 2 is 2.03 bits per heavy atom. The molecule has 1 N–H and O–H groups in total. The van der Waals surface area contributed by atoms with Crippen LogP contribution in [0.15, 0.2) is 46.9 Å². The molecular formula is C20H15ClF2N6O3S2. The molecule has 4 aromatic rings. The van der Waals surface area contributed by atoms with Crippen molar-refractivity contribution in [3.63, 3.8) is 0 Å². The van der Waals surface area contributed by atoms with Gasteiger partial charge >= 0.3 is 0 Å². The van der Waals surface area contributed by atoms with Gasteiger partial charge in [-0.2, -0.15) is 4.98 Å². The number of alkyl halides is 2. The number of anilines is 2. The van der Waals surface area contributed by atoms with E-state index in [0.717, 1.165) is 11.3 Å². The minimum atomic E-state index is -3.88. The number of methoxy groups -OCH3 is 1. The molecule has 0 atom stereocenters. The highest BCUT2D eigenvalue weighted by Gasteiger charge is 2.45. The second-order valence-corrected chi connectivity index (χ2v) is 10.4. The average molecular weight is 525 g/mol. The number of aromatic nitrogens is 4. The molecule has 1 aromatic carbocycles. The first-order valence-electron chi connectivity index (χ1n) is 9.72. The Morgan fingerprint density at radius 3 is 2.71 bits per heavy atom. The van der Waals surface area contributed by atoms with Gasteiger partial charge in [-0.25, -0.2) is 17.2 Å². The molecule has 176 valence electrons. The number of hydrogen-bond donors (Lipinski definition) is 1. The zero-order valence-corrected chi connectivity index (χ0v) is 19.8. The van der Waals surface area contributed by atoms with Crippen LogP contribution in [0.3, 0.4) is 0 Å². The Labute approximate surface area is 201 Å². The topological polar surface area (TPSA) is 110 Å². The first-order valence-corrected chi connectivity index (χ1v) is 12.5. The molecule has 1 aliphatic rings. The number of sulfonamides is 1. The van der Waals surface area contributed by atoms with Crippen molar-refractivity contribution in [2.45, 2.75) is 10.8 Å². The lowest BCUT2D eigenvalue weighted by Crippen LogP contribution is -2.56. The lowest BCUT2D eigenvalue weighted by Gasteiger charge is -2.40. The number of pyridine rings is 2. The molecule has 4 heterocycles. The minimum Gasteiger partial charge on any atom is -0.480 e. The molecule has 1 fully saturated rings. The van der Waals surface area contributed by atoms with Gasteiger partial charge in [0, 0.05) is 11.6 Å². The van der Waals surface area contributed by atoms with Crippen molar-refractivity contribution >= 4 is 54.7 Å². The minimum absolute atomic E-state index is 0.0320. The zero-order valence-electron chi connectivity index (χ0n) is 17.4. The summed E-state index contributed by atoms with van der Waals surface area (Å²) in [4.78, 5) is 10.2. The molecule has 0 radical (unpaired) electrons. The van der Waals surface area contributed by atoms with Gasteiger partial charge in [0.25, 0.3) is 15.9 Å². The highest BCUT2D eigenvalue weighted by molar-refractivity contribution is 7.93. The van der Waals surface area contributed by atoms with Crippen molar-refractivity contribution < 1.29 is 21.9 Å². The van der Waals surface area contributed by atoms with Crippen molar-refractivity contribution in [1.29, 1.82) is 0 Å². The first kappa shape index (κ1) is 22.6. The largest absolute Gasteiger partial charge is 0.480 e. The van der Waals surface area contributed by atoms with Crippen LogP contribution in [0, 0.1) is 0 Å². The van der Waals surface area contributed by atoms with Gasteiger partial charge in [0.1, 0.15) is 5.51 Å². The highest BCUT2D eigenvalue weighted by atomic mass is 35.5. The van der Waals surface area contributed by atoms with Crippen molar-refractivity contribution in [2.24, 2.45) is 0 Å². The summed E-state index contributed by atoms with van der Waals surface area (Å²) in [7, 11) is -2.47. The molecular weight excluding hydrogens is 510 g/mol. The summed E-state index contributed by atoms with van der Waals surface area (Å²) in [5.41, 5.74) is 2.31. The van der Waals surface area contributed by atoms with E-state index < -0.39 is 29.0 Å². The van der Waals surface area contributed by atoms with E-state index in [-0.39, 0.29) is 26.7 Å². The summed E-state index contributed by atoms with van der Waals surface area (Å²) in [5, 5.41) is 8.85. The fraction of sp³-hybridized carbons (Fsp3) is 0.200. The van der Waals surface area contributed by atoms with E-state index in [9.17, 15) is 17.2 Å². The molecule has 1 aliphatic heterocycles. The smallest absolute Gasteiger partial charge is 0.282 e. The summed E-state index contributed by atoms with van der Waals surface area (Å²) in [6, 6.07) is 7.78. The number of rotatable bonds is 6. The third-order valence-corrected chi connectivity index (χ3v) is 7.49. The third kappa shape index (κ3) is 4.10. The molecule has 14 heteroatoms. The number of benzene rings is 1. The molecule has 0 unspecified atom stereocenters. The fourth-order valence-corrected chi connectivity index (χ4v) is 5.60. The second-order valence-electron chi connectivity index (χ2n) is 7.45. The average Bonchev–Trinajstić information content (AvgIpc) is 3.29. The molecule has 1 saturated heterocycles. The van der Waals surface area contributed by atoms with Gasteiger partial charge < -0.3 is 9.64 Å². The van der Waals surface area contributed by atoms with Crippen LogP contribution in [-0.2, 0) is 10.0 Å². The van der Waals surface area contributed by atoms with Crippen molar-refractivity contribution in [3.05, 3.63) is 47.1 Å². The van der Waals surface area contributed by atoms with Gasteiger partial charge in [-0.3, -0.25) is 9.71 Å². The van der Waals surface area contributed by atoms with E-state index in [2.05, 4.69) is 24.9 Å². The van der Waals surface area contributed by atoms with Crippen molar-refractivity contribution in [1.82, 2.24) is 20.2 Å². The van der Waals surface area contributed by atoms with Crippen LogP contribution in [0.25, 0.3) is 22.0 Å². The number of ether oxygens (including phenoxy) is 1.